The fourth-order valence-corrected chi connectivity index (χ4v) is 2.12. The first-order valence-corrected chi connectivity index (χ1v) is 6.14. The zero-order valence-electron chi connectivity index (χ0n) is 8.44. The van der Waals surface area contributed by atoms with Gasteiger partial charge >= 0.3 is 0 Å². The van der Waals surface area contributed by atoms with Crippen molar-refractivity contribution in [1.82, 2.24) is 4.72 Å². The first kappa shape index (κ1) is 13.0. The van der Waals surface area contributed by atoms with Gasteiger partial charge in [-0.15, -0.1) is 0 Å². The molecular formula is C9H10ClNO4S. The van der Waals surface area contributed by atoms with Crippen LogP contribution in [0, 0.1) is 0 Å². The maximum absolute atomic E-state index is 11.6. The maximum atomic E-state index is 11.6. The molecule has 0 spiro atoms. The Kier molecular flexibility index (Phi) is 4.28. The molecule has 1 rings (SSSR count). The van der Waals surface area contributed by atoms with Crippen molar-refractivity contribution >= 4 is 26.9 Å². The largest absolute Gasteiger partial charge is 0.497 e. The summed E-state index contributed by atoms with van der Waals surface area (Å²) in [7, 11) is -2.21. The Balaban J connectivity index is 2.85. The van der Waals surface area contributed by atoms with Gasteiger partial charge in [-0.3, -0.25) is 4.79 Å². The molecule has 0 atom stereocenters. The molecule has 0 bridgehead atoms. The van der Waals surface area contributed by atoms with Crippen LogP contribution in [0.4, 0.5) is 0 Å². The zero-order chi connectivity index (χ0) is 12.2. The maximum Gasteiger partial charge on any atom is 0.241 e. The number of halogens is 1. The van der Waals surface area contributed by atoms with Crippen molar-refractivity contribution in [3.05, 3.63) is 24.3 Å². The van der Waals surface area contributed by atoms with E-state index >= 15 is 0 Å². The third kappa shape index (κ3) is 3.48. The van der Waals surface area contributed by atoms with Crippen molar-refractivity contribution in [2.24, 2.45) is 0 Å². The van der Waals surface area contributed by atoms with E-state index in [9.17, 15) is 13.2 Å². The minimum absolute atomic E-state index is 0.0474. The van der Waals surface area contributed by atoms with E-state index < -0.39 is 21.8 Å². The zero-order valence-corrected chi connectivity index (χ0v) is 10.0. The van der Waals surface area contributed by atoms with Gasteiger partial charge in [-0.2, -0.15) is 0 Å². The highest BCUT2D eigenvalue weighted by Crippen LogP contribution is 2.14. The SMILES string of the molecule is COc1ccc(S(=O)(=O)NCC(=O)Cl)cc1. The number of hydrogen-bond donors (Lipinski definition) is 1. The lowest BCUT2D eigenvalue weighted by atomic mass is 10.3. The number of carbonyl (C=O) groups excluding carboxylic acids is 1. The summed E-state index contributed by atoms with van der Waals surface area (Å²) in [5.74, 6) is 0.548. The topological polar surface area (TPSA) is 72.5 Å². The molecule has 0 saturated carbocycles. The van der Waals surface area contributed by atoms with Crippen LogP contribution in [0.5, 0.6) is 5.75 Å². The molecule has 0 aromatic heterocycles. The molecule has 0 aliphatic rings. The van der Waals surface area contributed by atoms with Crippen LogP contribution < -0.4 is 9.46 Å². The van der Waals surface area contributed by atoms with Crippen LogP contribution in [-0.4, -0.2) is 27.3 Å². The number of hydrogen-bond acceptors (Lipinski definition) is 4. The van der Waals surface area contributed by atoms with Gasteiger partial charge < -0.3 is 4.74 Å². The Morgan fingerprint density at radius 3 is 2.38 bits per heavy atom. The van der Waals surface area contributed by atoms with E-state index in [0.717, 1.165) is 0 Å². The van der Waals surface area contributed by atoms with Gasteiger partial charge in [0.25, 0.3) is 0 Å². The van der Waals surface area contributed by atoms with Crippen molar-refractivity contribution < 1.29 is 17.9 Å². The first-order valence-electron chi connectivity index (χ1n) is 4.28. The highest BCUT2D eigenvalue weighted by Gasteiger charge is 2.14. The average molecular weight is 264 g/mol. The molecule has 0 aliphatic carbocycles. The highest BCUT2D eigenvalue weighted by molar-refractivity contribution is 7.89. The van der Waals surface area contributed by atoms with Crippen LogP contribution in [0.1, 0.15) is 0 Å². The minimum Gasteiger partial charge on any atom is -0.497 e. The van der Waals surface area contributed by atoms with Crippen molar-refractivity contribution in [1.29, 1.82) is 0 Å². The fourth-order valence-electron chi connectivity index (χ4n) is 0.990. The molecule has 0 unspecified atom stereocenters. The summed E-state index contributed by atoms with van der Waals surface area (Å²) < 4.78 is 30.1. The summed E-state index contributed by atoms with van der Waals surface area (Å²) in [4.78, 5) is 10.5. The number of nitrogens with one attached hydrogen (secondary N) is 1. The summed E-state index contributed by atoms with van der Waals surface area (Å²) in [6, 6.07) is 5.77. The molecule has 0 saturated heterocycles. The standard InChI is InChI=1S/C9H10ClNO4S/c1-15-7-2-4-8(5-3-7)16(13,14)11-6-9(10)12/h2-5,11H,6H2,1H3. The molecule has 0 heterocycles. The predicted molar refractivity (Wildman–Crippen MR) is 59.0 cm³/mol. The van der Waals surface area contributed by atoms with E-state index in [2.05, 4.69) is 4.72 Å². The number of methoxy groups -OCH3 is 1. The molecule has 1 N–H and O–H groups in total. The third-order valence-corrected chi connectivity index (χ3v) is 3.32. The molecule has 0 amide bonds. The number of ether oxygens (including phenoxy) is 1. The van der Waals surface area contributed by atoms with Gasteiger partial charge in [-0.25, -0.2) is 13.1 Å². The molecule has 16 heavy (non-hydrogen) atoms. The van der Waals surface area contributed by atoms with E-state index in [1.54, 1.807) is 0 Å². The van der Waals surface area contributed by atoms with Gasteiger partial charge in [0, 0.05) is 0 Å². The van der Waals surface area contributed by atoms with E-state index in [-0.39, 0.29) is 4.90 Å². The van der Waals surface area contributed by atoms with Crippen LogP contribution in [0.15, 0.2) is 29.2 Å². The number of sulfonamides is 1. The molecule has 88 valence electrons. The van der Waals surface area contributed by atoms with Crippen molar-refractivity contribution in [3.8, 4) is 5.75 Å². The van der Waals surface area contributed by atoms with Gasteiger partial charge in [-0.05, 0) is 35.9 Å². The van der Waals surface area contributed by atoms with E-state index in [0.29, 0.717) is 5.75 Å². The summed E-state index contributed by atoms with van der Waals surface area (Å²) >= 11 is 5.03. The Hall–Kier alpha value is -1.11. The predicted octanol–water partition coefficient (Wildman–Crippen LogP) is 0.739. The third-order valence-electron chi connectivity index (χ3n) is 1.77. The Morgan fingerprint density at radius 2 is 1.94 bits per heavy atom. The number of benzene rings is 1. The van der Waals surface area contributed by atoms with E-state index in [1.165, 1.54) is 31.4 Å². The van der Waals surface area contributed by atoms with Crippen molar-refractivity contribution in [2.45, 2.75) is 4.90 Å². The number of carbonyl (C=O) groups is 1. The van der Waals surface area contributed by atoms with Gasteiger partial charge in [0.1, 0.15) is 5.75 Å². The Bertz CT molecular complexity index is 469. The fraction of sp³-hybridized carbons (Fsp3) is 0.222. The average Bonchev–Trinajstić information content (AvgIpc) is 2.27. The summed E-state index contributed by atoms with van der Waals surface area (Å²) in [5, 5.41) is -0.767. The van der Waals surface area contributed by atoms with E-state index in [4.69, 9.17) is 16.3 Å². The highest BCUT2D eigenvalue weighted by atomic mass is 35.5. The molecule has 0 radical (unpaired) electrons. The van der Waals surface area contributed by atoms with E-state index in [1.807, 2.05) is 0 Å². The second-order valence-electron chi connectivity index (χ2n) is 2.86. The molecule has 5 nitrogen and oxygen atoms in total. The molecule has 1 aromatic rings. The molecule has 1 aromatic carbocycles. The lowest BCUT2D eigenvalue weighted by Crippen LogP contribution is -2.27. The molecule has 0 fully saturated rings. The first-order chi connectivity index (χ1) is 7.45. The van der Waals surface area contributed by atoms with Crippen molar-refractivity contribution in [2.75, 3.05) is 13.7 Å². The van der Waals surface area contributed by atoms with Gasteiger partial charge in [0.05, 0.1) is 18.6 Å². The summed E-state index contributed by atoms with van der Waals surface area (Å²) in [5.41, 5.74) is 0. The molecule has 0 aliphatic heterocycles. The second kappa shape index (κ2) is 5.29. The van der Waals surface area contributed by atoms with Crippen LogP contribution in [0.3, 0.4) is 0 Å². The van der Waals surface area contributed by atoms with Gasteiger partial charge in [0.2, 0.25) is 15.3 Å². The minimum atomic E-state index is -3.69. The lowest BCUT2D eigenvalue weighted by Gasteiger charge is -2.05. The van der Waals surface area contributed by atoms with Crippen LogP contribution in [0.2, 0.25) is 0 Å². The second-order valence-corrected chi connectivity index (χ2v) is 5.04. The summed E-state index contributed by atoms with van der Waals surface area (Å²) in [6.07, 6.45) is 0. The smallest absolute Gasteiger partial charge is 0.241 e. The van der Waals surface area contributed by atoms with Crippen LogP contribution >= 0.6 is 11.6 Å². The molecule has 7 heteroatoms. The van der Waals surface area contributed by atoms with Gasteiger partial charge in [0.15, 0.2) is 0 Å². The summed E-state index contributed by atoms with van der Waals surface area (Å²) in [6.45, 7) is -0.435. The Morgan fingerprint density at radius 1 is 1.38 bits per heavy atom. The van der Waals surface area contributed by atoms with Crippen LogP contribution in [0.25, 0.3) is 0 Å². The molecular weight excluding hydrogens is 254 g/mol. The Labute approximate surface area is 98.4 Å². The quantitative estimate of drug-likeness (QED) is 0.796. The lowest BCUT2D eigenvalue weighted by molar-refractivity contribution is -0.110. The van der Waals surface area contributed by atoms with Gasteiger partial charge in [-0.1, -0.05) is 0 Å². The monoisotopic (exact) mass is 263 g/mol. The number of rotatable bonds is 5. The van der Waals surface area contributed by atoms with Crippen molar-refractivity contribution in [3.63, 3.8) is 0 Å². The van der Waals surface area contributed by atoms with Crippen LogP contribution in [-0.2, 0) is 14.8 Å². The normalized spacial score (nSPS) is 11.1.